The number of halogens is 1. The molecule has 2 unspecified atom stereocenters. The molecule has 0 fully saturated rings. The SMILES string of the molecule is CC(SCC(=O)Nc1ccc(F)cc1)C(=O)N(C)C(C)C(=O)O. The first-order valence-corrected chi connectivity index (χ1v) is 7.93. The van der Waals surface area contributed by atoms with Crippen molar-refractivity contribution in [1.29, 1.82) is 0 Å². The van der Waals surface area contributed by atoms with Crippen LogP contribution in [0.3, 0.4) is 0 Å². The Hall–Kier alpha value is -2.09. The minimum Gasteiger partial charge on any atom is -0.480 e. The number of carboxylic acid groups (broad SMARTS) is 1. The van der Waals surface area contributed by atoms with Crippen LogP contribution in [0.1, 0.15) is 13.8 Å². The Kier molecular flexibility index (Phi) is 7.02. The predicted octanol–water partition coefficient (Wildman–Crippen LogP) is 1.82. The van der Waals surface area contributed by atoms with E-state index in [-0.39, 0.29) is 17.6 Å². The van der Waals surface area contributed by atoms with E-state index in [1.54, 1.807) is 6.92 Å². The van der Waals surface area contributed by atoms with Gasteiger partial charge >= 0.3 is 5.97 Å². The highest BCUT2D eigenvalue weighted by Gasteiger charge is 2.26. The molecule has 0 aliphatic heterocycles. The van der Waals surface area contributed by atoms with E-state index in [2.05, 4.69) is 5.32 Å². The van der Waals surface area contributed by atoms with Gasteiger partial charge in [-0.3, -0.25) is 9.59 Å². The molecule has 0 heterocycles. The van der Waals surface area contributed by atoms with Crippen LogP contribution in [0.2, 0.25) is 0 Å². The first kappa shape index (κ1) is 19.0. The van der Waals surface area contributed by atoms with Crippen molar-refractivity contribution in [3.63, 3.8) is 0 Å². The third-order valence-electron chi connectivity index (χ3n) is 3.23. The molecule has 1 aromatic rings. The van der Waals surface area contributed by atoms with Gasteiger partial charge in [-0.2, -0.15) is 0 Å². The van der Waals surface area contributed by atoms with Crippen molar-refractivity contribution in [3.8, 4) is 0 Å². The zero-order chi connectivity index (χ0) is 17.6. The molecule has 6 nitrogen and oxygen atoms in total. The second kappa shape index (κ2) is 8.52. The minimum absolute atomic E-state index is 0.0274. The first-order chi connectivity index (χ1) is 10.7. The van der Waals surface area contributed by atoms with Crippen LogP contribution in [0.5, 0.6) is 0 Å². The van der Waals surface area contributed by atoms with Gasteiger partial charge in [0.2, 0.25) is 11.8 Å². The van der Waals surface area contributed by atoms with Gasteiger partial charge in [-0.15, -0.1) is 11.8 Å². The molecular formula is C15H19FN2O4S. The predicted molar refractivity (Wildman–Crippen MR) is 86.8 cm³/mol. The molecule has 1 aromatic carbocycles. The number of carbonyl (C=O) groups is 3. The van der Waals surface area contributed by atoms with Gasteiger partial charge in [-0.25, -0.2) is 9.18 Å². The molecule has 2 amide bonds. The molecule has 0 bridgehead atoms. The summed E-state index contributed by atoms with van der Waals surface area (Å²) in [6, 6.07) is 4.41. The van der Waals surface area contributed by atoms with E-state index >= 15 is 0 Å². The zero-order valence-corrected chi connectivity index (χ0v) is 13.9. The summed E-state index contributed by atoms with van der Waals surface area (Å²) >= 11 is 1.10. The van der Waals surface area contributed by atoms with Crippen molar-refractivity contribution >= 4 is 35.2 Å². The van der Waals surface area contributed by atoms with E-state index in [4.69, 9.17) is 5.11 Å². The third kappa shape index (κ3) is 5.90. The smallest absolute Gasteiger partial charge is 0.326 e. The molecule has 2 N–H and O–H groups in total. The molecule has 0 saturated carbocycles. The Labute approximate surface area is 138 Å². The second-order valence-electron chi connectivity index (χ2n) is 4.97. The highest BCUT2D eigenvalue weighted by molar-refractivity contribution is 8.01. The van der Waals surface area contributed by atoms with Crippen LogP contribution >= 0.6 is 11.8 Å². The summed E-state index contributed by atoms with van der Waals surface area (Å²) in [5.41, 5.74) is 0.465. The Morgan fingerprint density at radius 1 is 1.26 bits per heavy atom. The lowest BCUT2D eigenvalue weighted by molar-refractivity contribution is -0.147. The van der Waals surface area contributed by atoms with Crippen LogP contribution in [-0.2, 0) is 14.4 Å². The number of benzene rings is 1. The maximum absolute atomic E-state index is 12.8. The van der Waals surface area contributed by atoms with Crippen LogP contribution in [0.4, 0.5) is 10.1 Å². The lowest BCUT2D eigenvalue weighted by Crippen LogP contribution is -2.43. The minimum atomic E-state index is -1.09. The van der Waals surface area contributed by atoms with Gasteiger partial charge in [0.15, 0.2) is 0 Å². The number of thioether (sulfide) groups is 1. The summed E-state index contributed by atoms with van der Waals surface area (Å²) in [4.78, 5) is 35.9. The molecule has 0 spiro atoms. The summed E-state index contributed by atoms with van der Waals surface area (Å²) in [6.45, 7) is 3.03. The average Bonchev–Trinajstić information content (AvgIpc) is 2.52. The van der Waals surface area contributed by atoms with Crippen LogP contribution in [0, 0.1) is 5.82 Å². The van der Waals surface area contributed by atoms with Gasteiger partial charge in [0.05, 0.1) is 11.0 Å². The summed E-state index contributed by atoms with van der Waals surface area (Å²) in [7, 11) is 1.41. The van der Waals surface area contributed by atoms with E-state index in [0.717, 1.165) is 16.7 Å². The van der Waals surface area contributed by atoms with E-state index in [1.165, 1.54) is 38.2 Å². The molecule has 2 atom stereocenters. The zero-order valence-electron chi connectivity index (χ0n) is 13.1. The fourth-order valence-electron chi connectivity index (χ4n) is 1.65. The number of hydrogen-bond donors (Lipinski definition) is 2. The van der Waals surface area contributed by atoms with Crippen molar-refractivity contribution in [3.05, 3.63) is 30.1 Å². The average molecular weight is 342 g/mol. The van der Waals surface area contributed by atoms with Gasteiger partial charge < -0.3 is 15.3 Å². The maximum Gasteiger partial charge on any atom is 0.326 e. The molecule has 8 heteroatoms. The standard InChI is InChI=1S/C15H19FN2O4S/c1-9(15(21)22)18(3)14(20)10(2)23-8-13(19)17-12-6-4-11(16)5-7-12/h4-7,9-10H,8H2,1-3H3,(H,17,19)(H,21,22). The number of hydrogen-bond acceptors (Lipinski definition) is 4. The second-order valence-corrected chi connectivity index (χ2v) is 6.30. The summed E-state index contributed by atoms with van der Waals surface area (Å²) < 4.78 is 12.8. The first-order valence-electron chi connectivity index (χ1n) is 6.89. The summed E-state index contributed by atoms with van der Waals surface area (Å²) in [5.74, 6) is -2.14. The van der Waals surface area contributed by atoms with Crippen molar-refractivity contribution < 1.29 is 23.9 Å². The lowest BCUT2D eigenvalue weighted by atomic mass is 10.3. The van der Waals surface area contributed by atoms with E-state index in [1.807, 2.05) is 0 Å². The van der Waals surface area contributed by atoms with Crippen LogP contribution in [-0.4, -0.2) is 51.9 Å². The van der Waals surface area contributed by atoms with E-state index in [0.29, 0.717) is 5.69 Å². The number of nitrogens with one attached hydrogen (secondary N) is 1. The summed E-state index contributed by atoms with van der Waals surface area (Å²) in [5, 5.41) is 10.9. The monoisotopic (exact) mass is 342 g/mol. The number of anilines is 1. The quantitative estimate of drug-likeness (QED) is 0.789. The van der Waals surface area contributed by atoms with E-state index in [9.17, 15) is 18.8 Å². The molecule has 0 aromatic heterocycles. The molecular weight excluding hydrogens is 323 g/mol. The van der Waals surface area contributed by atoms with Gasteiger partial charge in [0, 0.05) is 12.7 Å². The van der Waals surface area contributed by atoms with Gasteiger partial charge in [-0.1, -0.05) is 0 Å². The number of likely N-dealkylation sites (N-methyl/N-ethyl adjacent to an activating group) is 1. The number of amides is 2. The maximum atomic E-state index is 12.8. The van der Waals surface area contributed by atoms with Crippen molar-refractivity contribution in [2.45, 2.75) is 25.1 Å². The normalized spacial score (nSPS) is 13.0. The third-order valence-corrected chi connectivity index (χ3v) is 4.36. The molecule has 126 valence electrons. The Morgan fingerprint density at radius 2 is 1.83 bits per heavy atom. The highest BCUT2D eigenvalue weighted by Crippen LogP contribution is 2.15. The Morgan fingerprint density at radius 3 is 2.35 bits per heavy atom. The van der Waals surface area contributed by atoms with E-state index < -0.39 is 23.1 Å². The fraction of sp³-hybridized carbons (Fsp3) is 0.400. The van der Waals surface area contributed by atoms with Gasteiger partial charge in [0.1, 0.15) is 11.9 Å². The van der Waals surface area contributed by atoms with Crippen molar-refractivity contribution in [2.24, 2.45) is 0 Å². The van der Waals surface area contributed by atoms with Crippen LogP contribution in [0.25, 0.3) is 0 Å². The number of rotatable bonds is 7. The Balaban J connectivity index is 2.47. The molecule has 0 saturated heterocycles. The fourth-order valence-corrected chi connectivity index (χ4v) is 2.43. The van der Waals surface area contributed by atoms with Crippen LogP contribution in [0.15, 0.2) is 24.3 Å². The lowest BCUT2D eigenvalue weighted by Gasteiger charge is -2.24. The highest BCUT2D eigenvalue weighted by atomic mass is 32.2. The molecule has 0 aliphatic rings. The van der Waals surface area contributed by atoms with Gasteiger partial charge in [-0.05, 0) is 38.1 Å². The van der Waals surface area contributed by atoms with Crippen molar-refractivity contribution in [1.82, 2.24) is 4.90 Å². The molecule has 0 aliphatic carbocycles. The topological polar surface area (TPSA) is 86.7 Å². The van der Waals surface area contributed by atoms with Crippen LogP contribution < -0.4 is 5.32 Å². The number of aliphatic carboxylic acids is 1. The number of carboxylic acids is 1. The summed E-state index contributed by atoms with van der Waals surface area (Å²) in [6.07, 6.45) is 0. The van der Waals surface area contributed by atoms with Gasteiger partial charge in [0.25, 0.3) is 0 Å². The number of carbonyl (C=O) groups excluding carboxylic acids is 2. The molecule has 1 rings (SSSR count). The van der Waals surface area contributed by atoms with Crippen molar-refractivity contribution in [2.75, 3.05) is 18.1 Å². The largest absolute Gasteiger partial charge is 0.480 e. The molecule has 23 heavy (non-hydrogen) atoms. The number of nitrogens with zero attached hydrogens (tertiary/aromatic N) is 1. The Bertz CT molecular complexity index is 579. The molecule has 0 radical (unpaired) electrons.